The smallest absolute Gasteiger partial charge is 0.270 e. The van der Waals surface area contributed by atoms with Crippen molar-refractivity contribution in [1.82, 2.24) is 0 Å². The highest BCUT2D eigenvalue weighted by Gasteiger charge is 2.34. The van der Waals surface area contributed by atoms with Gasteiger partial charge >= 0.3 is 0 Å². The molecule has 0 atom stereocenters. The van der Waals surface area contributed by atoms with E-state index in [-0.39, 0.29) is 5.91 Å². The van der Waals surface area contributed by atoms with Crippen LogP contribution in [-0.4, -0.2) is 17.3 Å². The van der Waals surface area contributed by atoms with Crippen LogP contribution >= 0.6 is 24.0 Å². The number of hydrogen-bond donors (Lipinski definition) is 0. The summed E-state index contributed by atoms with van der Waals surface area (Å²) in [5, 5.41) is 0. The first kappa shape index (κ1) is 24.8. The zero-order valence-corrected chi connectivity index (χ0v) is 21.7. The summed E-state index contributed by atoms with van der Waals surface area (Å²) in [6, 6.07) is 19.9. The van der Waals surface area contributed by atoms with Gasteiger partial charge in [0.25, 0.3) is 5.91 Å². The van der Waals surface area contributed by atoms with E-state index in [1.807, 2.05) is 80.6 Å². The van der Waals surface area contributed by atoms with Gasteiger partial charge in [0, 0.05) is 5.56 Å². The Morgan fingerprint density at radius 3 is 2.54 bits per heavy atom. The Labute approximate surface area is 216 Å². The van der Waals surface area contributed by atoms with Gasteiger partial charge in [-0.05, 0) is 61.2 Å². The van der Waals surface area contributed by atoms with Crippen molar-refractivity contribution in [2.45, 2.75) is 26.9 Å². The van der Waals surface area contributed by atoms with Crippen molar-refractivity contribution in [3.63, 3.8) is 0 Å². The van der Waals surface area contributed by atoms with Crippen LogP contribution < -0.4 is 14.4 Å². The standard InChI is InChI=1S/C29H27NO3S2/c1-5-9-23-15-22(16-25(32-4)27(23)33-18-21-10-7-6-8-11-21)17-26-28(31)30(29(34)35-26)24-13-12-19(2)14-20(24)3/h5-8,10-17H,1,9,18H2,2-4H3/b26-17+. The van der Waals surface area contributed by atoms with Gasteiger partial charge in [-0.25, -0.2) is 0 Å². The molecule has 0 N–H and O–H groups in total. The van der Waals surface area contributed by atoms with E-state index in [1.165, 1.54) is 11.8 Å². The summed E-state index contributed by atoms with van der Waals surface area (Å²) in [5.41, 5.74) is 5.81. The number of methoxy groups -OCH3 is 1. The Bertz CT molecular complexity index is 1320. The largest absolute Gasteiger partial charge is 0.493 e. The van der Waals surface area contributed by atoms with Gasteiger partial charge in [0.2, 0.25) is 0 Å². The fourth-order valence-electron chi connectivity index (χ4n) is 4.00. The second-order valence-electron chi connectivity index (χ2n) is 8.29. The van der Waals surface area contributed by atoms with Crippen LogP contribution in [0.1, 0.15) is 27.8 Å². The second-order valence-corrected chi connectivity index (χ2v) is 9.96. The number of rotatable bonds is 8. The molecule has 3 aromatic carbocycles. The maximum Gasteiger partial charge on any atom is 0.270 e. The van der Waals surface area contributed by atoms with E-state index in [9.17, 15) is 4.79 Å². The Balaban J connectivity index is 1.66. The van der Waals surface area contributed by atoms with Crippen LogP contribution in [-0.2, 0) is 17.8 Å². The van der Waals surface area contributed by atoms with Gasteiger partial charge in [-0.3, -0.25) is 9.69 Å². The number of thioether (sulfide) groups is 1. The third-order valence-corrected chi connectivity index (χ3v) is 6.95. The number of carbonyl (C=O) groups is 1. The first-order valence-electron chi connectivity index (χ1n) is 11.2. The van der Waals surface area contributed by atoms with E-state index in [0.717, 1.165) is 33.5 Å². The van der Waals surface area contributed by atoms with Crippen molar-refractivity contribution < 1.29 is 14.3 Å². The molecule has 0 bridgehead atoms. The van der Waals surface area contributed by atoms with E-state index in [2.05, 4.69) is 12.6 Å². The fourth-order valence-corrected chi connectivity index (χ4v) is 5.29. The Morgan fingerprint density at radius 2 is 1.86 bits per heavy atom. The molecule has 4 rings (SSSR count). The molecule has 4 nitrogen and oxygen atoms in total. The minimum atomic E-state index is -0.124. The number of amides is 1. The highest BCUT2D eigenvalue weighted by Crippen LogP contribution is 2.39. The molecule has 178 valence electrons. The minimum Gasteiger partial charge on any atom is -0.493 e. The Hall–Kier alpha value is -3.35. The van der Waals surface area contributed by atoms with E-state index in [1.54, 1.807) is 12.0 Å². The molecule has 0 radical (unpaired) electrons. The lowest BCUT2D eigenvalue weighted by atomic mass is 10.0. The molecule has 1 aliphatic rings. The Morgan fingerprint density at radius 1 is 1.09 bits per heavy atom. The molecule has 0 spiro atoms. The predicted molar refractivity (Wildman–Crippen MR) is 149 cm³/mol. The lowest BCUT2D eigenvalue weighted by molar-refractivity contribution is -0.113. The van der Waals surface area contributed by atoms with Gasteiger partial charge in [0.15, 0.2) is 15.8 Å². The minimum absolute atomic E-state index is 0.124. The number of benzene rings is 3. The quantitative estimate of drug-likeness (QED) is 0.188. The molecular weight excluding hydrogens is 474 g/mol. The summed E-state index contributed by atoms with van der Waals surface area (Å²) in [6.07, 6.45) is 4.29. The zero-order valence-electron chi connectivity index (χ0n) is 20.0. The van der Waals surface area contributed by atoms with Crippen LogP contribution in [0.5, 0.6) is 11.5 Å². The first-order chi connectivity index (χ1) is 16.9. The summed E-state index contributed by atoms with van der Waals surface area (Å²) in [5.74, 6) is 1.16. The normalized spacial score (nSPS) is 14.5. The van der Waals surface area contributed by atoms with E-state index in [4.69, 9.17) is 21.7 Å². The van der Waals surface area contributed by atoms with Gasteiger partial charge in [-0.1, -0.05) is 78.1 Å². The molecule has 1 aliphatic heterocycles. The van der Waals surface area contributed by atoms with Gasteiger partial charge in [-0.2, -0.15) is 0 Å². The number of hydrogen-bond acceptors (Lipinski definition) is 5. The van der Waals surface area contributed by atoms with Crippen LogP contribution in [0.3, 0.4) is 0 Å². The van der Waals surface area contributed by atoms with Gasteiger partial charge in [-0.15, -0.1) is 6.58 Å². The average molecular weight is 502 g/mol. The van der Waals surface area contributed by atoms with Crippen molar-refractivity contribution >= 4 is 46.0 Å². The number of carbonyl (C=O) groups excluding carboxylic acids is 1. The molecule has 1 saturated heterocycles. The van der Waals surface area contributed by atoms with Crippen LogP contribution in [0.2, 0.25) is 0 Å². The molecule has 6 heteroatoms. The average Bonchev–Trinajstić information content (AvgIpc) is 3.11. The summed E-state index contributed by atoms with van der Waals surface area (Å²) >= 11 is 6.88. The maximum absolute atomic E-state index is 13.3. The molecule has 35 heavy (non-hydrogen) atoms. The number of ether oxygens (including phenoxy) is 2. The SMILES string of the molecule is C=CCc1cc(/C=C2/SC(=S)N(c3ccc(C)cc3C)C2=O)cc(OC)c1OCc1ccccc1. The number of anilines is 1. The maximum atomic E-state index is 13.3. The molecule has 0 unspecified atom stereocenters. The van der Waals surface area contributed by atoms with Crippen LogP contribution in [0.25, 0.3) is 6.08 Å². The van der Waals surface area contributed by atoms with Crippen LogP contribution in [0, 0.1) is 13.8 Å². The summed E-state index contributed by atoms with van der Waals surface area (Å²) in [7, 11) is 1.62. The molecule has 1 heterocycles. The van der Waals surface area contributed by atoms with Crippen molar-refractivity contribution in [3.05, 3.63) is 106 Å². The number of nitrogens with zero attached hydrogens (tertiary/aromatic N) is 1. The molecule has 1 fully saturated rings. The van der Waals surface area contributed by atoms with Crippen LogP contribution in [0.15, 0.2) is 78.2 Å². The van der Waals surface area contributed by atoms with Crippen molar-refractivity contribution in [2.75, 3.05) is 12.0 Å². The lowest BCUT2D eigenvalue weighted by Gasteiger charge is -2.17. The van der Waals surface area contributed by atoms with Gasteiger partial charge in [0.1, 0.15) is 6.61 Å². The molecule has 0 saturated carbocycles. The van der Waals surface area contributed by atoms with Gasteiger partial charge in [0.05, 0.1) is 17.7 Å². The molecular formula is C29H27NO3S2. The molecule has 0 aliphatic carbocycles. The number of thiocarbonyl (C=S) groups is 1. The second kappa shape index (κ2) is 10.9. The highest BCUT2D eigenvalue weighted by molar-refractivity contribution is 8.27. The van der Waals surface area contributed by atoms with Crippen molar-refractivity contribution in [1.29, 1.82) is 0 Å². The predicted octanol–water partition coefficient (Wildman–Crippen LogP) is 7.03. The molecule has 0 aromatic heterocycles. The van der Waals surface area contributed by atoms with Gasteiger partial charge < -0.3 is 9.47 Å². The molecule has 1 amide bonds. The topological polar surface area (TPSA) is 38.8 Å². The van der Waals surface area contributed by atoms with Crippen molar-refractivity contribution in [2.24, 2.45) is 0 Å². The number of allylic oxidation sites excluding steroid dienone is 1. The monoisotopic (exact) mass is 501 g/mol. The summed E-state index contributed by atoms with van der Waals surface area (Å²) in [6.45, 7) is 8.34. The third-order valence-electron chi connectivity index (χ3n) is 5.65. The summed E-state index contributed by atoms with van der Waals surface area (Å²) < 4.78 is 12.4. The van der Waals surface area contributed by atoms with Crippen LogP contribution in [0.4, 0.5) is 5.69 Å². The fraction of sp³-hybridized carbons (Fsp3) is 0.172. The zero-order chi connectivity index (χ0) is 24.9. The first-order valence-corrected chi connectivity index (χ1v) is 12.5. The Kier molecular flexibility index (Phi) is 7.73. The van der Waals surface area contributed by atoms with Crippen molar-refractivity contribution in [3.8, 4) is 11.5 Å². The highest BCUT2D eigenvalue weighted by atomic mass is 32.2. The summed E-state index contributed by atoms with van der Waals surface area (Å²) in [4.78, 5) is 15.5. The van der Waals surface area contributed by atoms with E-state index in [0.29, 0.717) is 33.8 Å². The van der Waals surface area contributed by atoms with E-state index >= 15 is 0 Å². The third kappa shape index (κ3) is 5.50. The van der Waals surface area contributed by atoms with E-state index < -0.39 is 0 Å². The molecule has 3 aromatic rings. The lowest BCUT2D eigenvalue weighted by Crippen LogP contribution is -2.28. The number of aryl methyl sites for hydroxylation is 2.